The second-order valence-electron chi connectivity index (χ2n) is 6.19. The predicted octanol–water partition coefficient (Wildman–Crippen LogP) is 5.17. The zero-order valence-corrected chi connectivity index (χ0v) is 12.1. The van der Waals surface area contributed by atoms with Gasteiger partial charge in [0, 0.05) is 5.92 Å². The standard InChI is InChI=1S/C16H29N/c1-5-7-8-15(12-17)11-16(6-2)10-9-13(3)14(16)4/h13-15H,5-11H2,1-4H3. The van der Waals surface area contributed by atoms with E-state index >= 15 is 0 Å². The van der Waals surface area contributed by atoms with Crippen LogP contribution in [0, 0.1) is 34.5 Å². The fourth-order valence-corrected chi connectivity index (χ4v) is 3.68. The van der Waals surface area contributed by atoms with Crippen molar-refractivity contribution in [2.75, 3.05) is 0 Å². The molecule has 1 aliphatic rings. The van der Waals surface area contributed by atoms with Gasteiger partial charge in [0.15, 0.2) is 0 Å². The van der Waals surface area contributed by atoms with E-state index in [1.54, 1.807) is 0 Å². The molecule has 4 unspecified atom stereocenters. The van der Waals surface area contributed by atoms with Crippen LogP contribution in [0.4, 0.5) is 0 Å². The van der Waals surface area contributed by atoms with Crippen molar-refractivity contribution in [3.63, 3.8) is 0 Å². The lowest BCUT2D eigenvalue weighted by molar-refractivity contribution is 0.144. The lowest BCUT2D eigenvalue weighted by Gasteiger charge is -2.36. The minimum absolute atomic E-state index is 0.294. The number of nitrogens with zero attached hydrogens (tertiary/aromatic N) is 1. The minimum Gasteiger partial charge on any atom is -0.198 e. The highest BCUT2D eigenvalue weighted by Gasteiger charge is 2.43. The molecule has 0 aromatic heterocycles. The monoisotopic (exact) mass is 235 g/mol. The highest BCUT2D eigenvalue weighted by molar-refractivity contribution is 4.97. The quantitative estimate of drug-likeness (QED) is 0.623. The first-order valence-corrected chi connectivity index (χ1v) is 7.49. The third kappa shape index (κ3) is 3.24. The summed E-state index contributed by atoms with van der Waals surface area (Å²) in [6.45, 7) is 9.33. The van der Waals surface area contributed by atoms with Gasteiger partial charge in [0.1, 0.15) is 0 Å². The van der Waals surface area contributed by atoms with Gasteiger partial charge in [-0.25, -0.2) is 0 Å². The van der Waals surface area contributed by atoms with Gasteiger partial charge in [-0.15, -0.1) is 0 Å². The van der Waals surface area contributed by atoms with Crippen molar-refractivity contribution in [1.29, 1.82) is 5.26 Å². The van der Waals surface area contributed by atoms with E-state index in [2.05, 4.69) is 33.8 Å². The second-order valence-corrected chi connectivity index (χ2v) is 6.19. The highest BCUT2D eigenvalue weighted by atomic mass is 14.5. The van der Waals surface area contributed by atoms with Crippen LogP contribution in [0.1, 0.15) is 72.6 Å². The molecule has 0 heterocycles. The smallest absolute Gasteiger partial charge is 0.0655 e. The summed E-state index contributed by atoms with van der Waals surface area (Å²) in [6, 6.07) is 2.56. The van der Waals surface area contributed by atoms with Crippen LogP contribution in [-0.4, -0.2) is 0 Å². The minimum atomic E-state index is 0.294. The summed E-state index contributed by atoms with van der Waals surface area (Å²) in [6.07, 6.45) is 8.63. The van der Waals surface area contributed by atoms with Gasteiger partial charge >= 0.3 is 0 Å². The fraction of sp³-hybridized carbons (Fsp3) is 0.938. The molecule has 4 atom stereocenters. The Morgan fingerprint density at radius 1 is 1.35 bits per heavy atom. The van der Waals surface area contributed by atoms with Gasteiger partial charge in [0.25, 0.3) is 0 Å². The summed E-state index contributed by atoms with van der Waals surface area (Å²) in [7, 11) is 0. The molecule has 0 bridgehead atoms. The average molecular weight is 235 g/mol. The second kappa shape index (κ2) is 6.43. The van der Waals surface area contributed by atoms with Crippen molar-refractivity contribution in [3.8, 4) is 6.07 Å². The maximum Gasteiger partial charge on any atom is 0.0655 e. The molecule has 0 spiro atoms. The lowest BCUT2D eigenvalue weighted by atomic mass is 9.69. The first-order chi connectivity index (χ1) is 8.09. The summed E-state index contributed by atoms with van der Waals surface area (Å²) in [4.78, 5) is 0. The Morgan fingerprint density at radius 3 is 2.47 bits per heavy atom. The molecule has 1 fully saturated rings. The SMILES string of the molecule is CCCCC(C#N)CC1(CC)CCC(C)C1C. The van der Waals surface area contributed by atoms with Gasteiger partial charge < -0.3 is 0 Å². The Morgan fingerprint density at radius 2 is 2.06 bits per heavy atom. The Balaban J connectivity index is 2.65. The fourth-order valence-electron chi connectivity index (χ4n) is 3.68. The zero-order valence-electron chi connectivity index (χ0n) is 12.1. The van der Waals surface area contributed by atoms with Crippen molar-refractivity contribution < 1.29 is 0 Å². The van der Waals surface area contributed by atoms with Crippen LogP contribution in [0.2, 0.25) is 0 Å². The van der Waals surface area contributed by atoms with Gasteiger partial charge in [-0.05, 0) is 42.9 Å². The summed E-state index contributed by atoms with van der Waals surface area (Å²) in [5, 5.41) is 9.33. The van der Waals surface area contributed by atoms with Crippen molar-refractivity contribution in [1.82, 2.24) is 0 Å². The third-order valence-corrected chi connectivity index (χ3v) is 5.36. The zero-order chi connectivity index (χ0) is 12.9. The number of nitriles is 1. The summed E-state index contributed by atoms with van der Waals surface area (Å²) in [5.41, 5.74) is 0.466. The van der Waals surface area contributed by atoms with E-state index in [0.717, 1.165) is 24.7 Å². The van der Waals surface area contributed by atoms with Crippen LogP contribution in [0.3, 0.4) is 0 Å². The molecule has 1 rings (SSSR count). The van der Waals surface area contributed by atoms with E-state index < -0.39 is 0 Å². The molecule has 17 heavy (non-hydrogen) atoms. The molecule has 1 nitrogen and oxygen atoms in total. The first kappa shape index (κ1) is 14.6. The summed E-state index contributed by atoms with van der Waals surface area (Å²) < 4.78 is 0. The van der Waals surface area contributed by atoms with E-state index in [-0.39, 0.29) is 0 Å². The molecule has 0 aromatic rings. The molecule has 98 valence electrons. The summed E-state index contributed by atoms with van der Waals surface area (Å²) >= 11 is 0. The predicted molar refractivity (Wildman–Crippen MR) is 73.5 cm³/mol. The molecule has 0 N–H and O–H groups in total. The van der Waals surface area contributed by atoms with Crippen LogP contribution >= 0.6 is 0 Å². The third-order valence-electron chi connectivity index (χ3n) is 5.36. The number of rotatable bonds is 6. The van der Waals surface area contributed by atoms with E-state index in [4.69, 9.17) is 0 Å². The van der Waals surface area contributed by atoms with Crippen LogP contribution < -0.4 is 0 Å². The van der Waals surface area contributed by atoms with E-state index in [9.17, 15) is 5.26 Å². The highest BCUT2D eigenvalue weighted by Crippen LogP contribution is 2.52. The molecular weight excluding hydrogens is 206 g/mol. The molecular formula is C16H29N. The van der Waals surface area contributed by atoms with Crippen LogP contribution in [0.15, 0.2) is 0 Å². The Bertz CT molecular complexity index is 265. The summed E-state index contributed by atoms with van der Waals surface area (Å²) in [5.74, 6) is 1.94. The maximum atomic E-state index is 9.33. The molecule has 0 amide bonds. The average Bonchev–Trinajstić information content (AvgIpc) is 2.63. The number of hydrogen-bond donors (Lipinski definition) is 0. The maximum absolute atomic E-state index is 9.33. The van der Waals surface area contributed by atoms with Crippen LogP contribution in [0.25, 0.3) is 0 Å². The van der Waals surface area contributed by atoms with E-state index in [0.29, 0.717) is 11.3 Å². The van der Waals surface area contributed by atoms with Crippen molar-refractivity contribution in [2.45, 2.75) is 72.6 Å². The Hall–Kier alpha value is -0.510. The Kier molecular flexibility index (Phi) is 5.50. The molecule has 1 saturated carbocycles. The van der Waals surface area contributed by atoms with Crippen LogP contribution in [0.5, 0.6) is 0 Å². The van der Waals surface area contributed by atoms with Crippen molar-refractivity contribution >= 4 is 0 Å². The molecule has 0 aromatic carbocycles. The number of unbranched alkanes of at least 4 members (excludes halogenated alkanes) is 1. The largest absolute Gasteiger partial charge is 0.198 e. The molecule has 0 aliphatic heterocycles. The topological polar surface area (TPSA) is 23.8 Å². The van der Waals surface area contributed by atoms with Gasteiger partial charge in [-0.3, -0.25) is 0 Å². The van der Waals surface area contributed by atoms with E-state index in [1.165, 1.54) is 32.1 Å². The van der Waals surface area contributed by atoms with Crippen LogP contribution in [-0.2, 0) is 0 Å². The molecule has 1 aliphatic carbocycles. The number of hydrogen-bond acceptors (Lipinski definition) is 1. The van der Waals surface area contributed by atoms with Gasteiger partial charge in [0.2, 0.25) is 0 Å². The van der Waals surface area contributed by atoms with Crippen molar-refractivity contribution in [3.05, 3.63) is 0 Å². The van der Waals surface area contributed by atoms with Gasteiger partial charge in [0.05, 0.1) is 6.07 Å². The van der Waals surface area contributed by atoms with Gasteiger partial charge in [-0.1, -0.05) is 47.0 Å². The van der Waals surface area contributed by atoms with Crippen molar-refractivity contribution in [2.24, 2.45) is 23.2 Å². The van der Waals surface area contributed by atoms with Gasteiger partial charge in [-0.2, -0.15) is 5.26 Å². The molecule has 0 saturated heterocycles. The molecule has 0 radical (unpaired) electrons. The first-order valence-electron chi connectivity index (χ1n) is 7.49. The molecule has 1 heteroatoms. The normalized spacial score (nSPS) is 34.5. The Labute approximate surface area is 108 Å². The lowest BCUT2D eigenvalue weighted by Crippen LogP contribution is -2.27. The van der Waals surface area contributed by atoms with E-state index in [1.807, 2.05) is 0 Å².